The van der Waals surface area contributed by atoms with Crippen LogP contribution < -0.4 is 22.5 Å². The molecule has 10 heavy (non-hydrogen) atoms. The Hall–Kier alpha value is -1.27. The van der Waals surface area contributed by atoms with E-state index in [0.717, 1.165) is 0 Å². The molecule has 1 aliphatic heterocycles. The van der Waals surface area contributed by atoms with Crippen molar-refractivity contribution in [1.82, 2.24) is 5.32 Å². The third-order valence-electron chi connectivity index (χ3n) is 1.09. The highest BCUT2D eigenvalue weighted by molar-refractivity contribution is 5.80. The molecule has 1 aliphatic rings. The van der Waals surface area contributed by atoms with Gasteiger partial charge in [-0.3, -0.25) is 5.73 Å². The van der Waals surface area contributed by atoms with Gasteiger partial charge in [0.1, 0.15) is 0 Å². The minimum Gasteiger partial charge on any atom is -0.396 e. The number of aliphatic hydroxyl groups is 1. The number of hydrogen-bond donors (Lipinski definition) is 5. The predicted molar refractivity (Wildman–Crippen MR) is 36.2 cm³/mol. The maximum absolute atomic E-state index is 9.09. The molecule has 1 atom stereocenters. The van der Waals surface area contributed by atoms with Gasteiger partial charge in [0.25, 0.3) is 5.85 Å². The molecule has 0 radical (unpaired) electrons. The van der Waals surface area contributed by atoms with Crippen LogP contribution in [0, 0.1) is 0 Å². The largest absolute Gasteiger partial charge is 0.396 e. The van der Waals surface area contributed by atoms with Gasteiger partial charge in [-0.2, -0.15) is 4.99 Å². The monoisotopic (exact) mass is 143 g/mol. The fourth-order valence-electron chi connectivity index (χ4n) is 0.538. The molecule has 6 heteroatoms. The summed E-state index contributed by atoms with van der Waals surface area (Å²) in [7, 11) is 0. The van der Waals surface area contributed by atoms with Gasteiger partial charge in [0.2, 0.25) is 0 Å². The molecule has 0 amide bonds. The summed E-state index contributed by atoms with van der Waals surface area (Å²) in [5.74, 6) is -1.81. The number of nitrogens with two attached hydrogens (primary N) is 3. The molecular weight excluding hydrogens is 134 g/mol. The van der Waals surface area contributed by atoms with Crippen LogP contribution >= 0.6 is 0 Å². The van der Waals surface area contributed by atoms with Crippen molar-refractivity contribution >= 4 is 5.96 Å². The van der Waals surface area contributed by atoms with Crippen molar-refractivity contribution < 1.29 is 5.11 Å². The van der Waals surface area contributed by atoms with Crippen LogP contribution in [0.3, 0.4) is 0 Å². The Kier molecular flexibility index (Phi) is 1.27. The van der Waals surface area contributed by atoms with Gasteiger partial charge in [-0.15, -0.1) is 0 Å². The van der Waals surface area contributed by atoms with Crippen LogP contribution in [0.4, 0.5) is 0 Å². The van der Waals surface area contributed by atoms with Crippen LogP contribution in [0.15, 0.2) is 16.9 Å². The molecule has 0 saturated heterocycles. The minimum atomic E-state index is -1.85. The molecule has 56 valence electrons. The van der Waals surface area contributed by atoms with Crippen molar-refractivity contribution in [2.24, 2.45) is 22.2 Å². The van der Waals surface area contributed by atoms with Gasteiger partial charge >= 0.3 is 0 Å². The van der Waals surface area contributed by atoms with Gasteiger partial charge < -0.3 is 21.9 Å². The van der Waals surface area contributed by atoms with Crippen molar-refractivity contribution in [2.75, 3.05) is 0 Å². The molecule has 0 spiro atoms. The van der Waals surface area contributed by atoms with Gasteiger partial charge in [-0.1, -0.05) is 0 Å². The Morgan fingerprint density at radius 3 is 2.60 bits per heavy atom. The fourth-order valence-corrected chi connectivity index (χ4v) is 0.538. The Bertz CT molecular complexity index is 206. The molecule has 6 nitrogen and oxygen atoms in total. The minimum absolute atomic E-state index is 0.0294. The number of nitrogens with one attached hydrogen (secondary N) is 1. The standard InChI is InChI=1S/C4H9N5O/c5-2-1-8-3(6)9-4(2,7)10/h1,10H,5,7H2,(H3,6,8,9). The summed E-state index contributed by atoms with van der Waals surface area (Å²) in [4.78, 5) is 3.42. The number of rotatable bonds is 0. The number of hydrogen-bond acceptors (Lipinski definition) is 6. The van der Waals surface area contributed by atoms with E-state index in [4.69, 9.17) is 22.3 Å². The van der Waals surface area contributed by atoms with E-state index in [0.29, 0.717) is 0 Å². The van der Waals surface area contributed by atoms with E-state index >= 15 is 0 Å². The predicted octanol–water partition coefficient (Wildman–Crippen LogP) is -2.69. The number of nitrogens with zero attached hydrogens (tertiary/aromatic N) is 1. The maximum atomic E-state index is 9.09. The Morgan fingerprint density at radius 1 is 1.60 bits per heavy atom. The average molecular weight is 143 g/mol. The van der Waals surface area contributed by atoms with Gasteiger partial charge in [-0.05, 0) is 0 Å². The topological polar surface area (TPSA) is 123 Å². The van der Waals surface area contributed by atoms with E-state index in [1.54, 1.807) is 0 Å². The van der Waals surface area contributed by atoms with Gasteiger partial charge in [-0.25, -0.2) is 0 Å². The van der Waals surface area contributed by atoms with Crippen LogP contribution in [0.5, 0.6) is 0 Å². The molecule has 0 aromatic carbocycles. The summed E-state index contributed by atoms with van der Waals surface area (Å²) < 4.78 is 0. The van der Waals surface area contributed by atoms with Crippen LogP contribution in [0.2, 0.25) is 0 Å². The second-order valence-corrected chi connectivity index (χ2v) is 1.97. The van der Waals surface area contributed by atoms with Crippen molar-refractivity contribution in [3.63, 3.8) is 0 Å². The Balaban J connectivity index is 2.90. The first-order valence-electron chi connectivity index (χ1n) is 2.61. The second-order valence-electron chi connectivity index (χ2n) is 1.97. The Morgan fingerprint density at radius 2 is 2.20 bits per heavy atom. The normalized spacial score (nSPS) is 32.2. The zero-order valence-corrected chi connectivity index (χ0v) is 5.20. The third-order valence-corrected chi connectivity index (χ3v) is 1.09. The lowest BCUT2D eigenvalue weighted by molar-refractivity contribution is 0.0912. The summed E-state index contributed by atoms with van der Waals surface area (Å²) in [6.07, 6.45) is 1.29. The van der Waals surface area contributed by atoms with E-state index in [9.17, 15) is 0 Å². The van der Waals surface area contributed by atoms with Crippen LogP contribution in [0.25, 0.3) is 0 Å². The molecule has 8 N–H and O–H groups in total. The molecule has 0 fully saturated rings. The van der Waals surface area contributed by atoms with E-state index in [1.807, 2.05) is 0 Å². The van der Waals surface area contributed by atoms with Crippen LogP contribution in [-0.4, -0.2) is 16.9 Å². The highest BCUT2D eigenvalue weighted by atomic mass is 16.3. The van der Waals surface area contributed by atoms with Crippen molar-refractivity contribution in [3.05, 3.63) is 11.9 Å². The van der Waals surface area contributed by atoms with Crippen LogP contribution in [0.1, 0.15) is 0 Å². The summed E-state index contributed by atoms with van der Waals surface area (Å²) in [6, 6.07) is 0. The maximum Gasteiger partial charge on any atom is 0.257 e. The third kappa shape index (κ3) is 1.02. The molecule has 1 rings (SSSR count). The van der Waals surface area contributed by atoms with Gasteiger partial charge in [0.05, 0.1) is 5.70 Å². The highest BCUT2D eigenvalue weighted by Crippen LogP contribution is 2.07. The van der Waals surface area contributed by atoms with E-state index in [2.05, 4.69) is 10.3 Å². The van der Waals surface area contributed by atoms with E-state index < -0.39 is 5.85 Å². The zero-order valence-electron chi connectivity index (χ0n) is 5.20. The SMILES string of the molecule is NC1=CNC(N)=NC1(N)O. The second kappa shape index (κ2) is 1.86. The van der Waals surface area contributed by atoms with Gasteiger partial charge in [0.15, 0.2) is 5.96 Å². The summed E-state index contributed by atoms with van der Waals surface area (Å²) in [5.41, 5.74) is 15.6. The molecule has 1 unspecified atom stereocenters. The molecule has 0 aliphatic carbocycles. The lowest BCUT2D eigenvalue weighted by Crippen LogP contribution is -2.50. The van der Waals surface area contributed by atoms with Crippen LogP contribution in [-0.2, 0) is 0 Å². The van der Waals surface area contributed by atoms with Crippen molar-refractivity contribution in [3.8, 4) is 0 Å². The van der Waals surface area contributed by atoms with Crippen molar-refractivity contribution in [2.45, 2.75) is 5.85 Å². The average Bonchev–Trinajstić information content (AvgIpc) is 1.78. The molecule has 1 heterocycles. The quantitative estimate of drug-likeness (QED) is 0.236. The van der Waals surface area contributed by atoms with E-state index in [1.165, 1.54) is 6.20 Å². The first kappa shape index (κ1) is 6.84. The molecule has 0 aromatic rings. The number of aliphatic imine (C=N–C) groups is 1. The molecular formula is C4H9N5O. The van der Waals surface area contributed by atoms with Crippen molar-refractivity contribution in [1.29, 1.82) is 0 Å². The summed E-state index contributed by atoms with van der Waals surface area (Å²) in [6.45, 7) is 0. The fraction of sp³-hybridized carbons (Fsp3) is 0.250. The lowest BCUT2D eigenvalue weighted by atomic mass is 10.3. The van der Waals surface area contributed by atoms with E-state index in [-0.39, 0.29) is 11.7 Å². The highest BCUT2D eigenvalue weighted by Gasteiger charge is 2.26. The first-order valence-corrected chi connectivity index (χ1v) is 2.61. The molecule has 0 aromatic heterocycles. The summed E-state index contributed by atoms with van der Waals surface area (Å²) in [5, 5.41) is 11.6. The first-order chi connectivity index (χ1) is 4.52. The molecule has 0 bridgehead atoms. The summed E-state index contributed by atoms with van der Waals surface area (Å²) >= 11 is 0. The number of guanidine groups is 1. The van der Waals surface area contributed by atoms with Gasteiger partial charge in [0, 0.05) is 6.20 Å². The molecule has 0 saturated carbocycles. The smallest absolute Gasteiger partial charge is 0.257 e. The lowest BCUT2D eigenvalue weighted by Gasteiger charge is -2.22. The zero-order chi connectivity index (χ0) is 7.78. The Labute approximate surface area is 57.4 Å².